The summed E-state index contributed by atoms with van der Waals surface area (Å²) < 4.78 is 0. The van der Waals surface area contributed by atoms with Gasteiger partial charge in [-0.1, -0.05) is 49.9 Å². The van der Waals surface area contributed by atoms with Crippen LogP contribution in [0.3, 0.4) is 0 Å². The lowest BCUT2D eigenvalue weighted by molar-refractivity contribution is -0.123. The highest BCUT2D eigenvalue weighted by molar-refractivity contribution is 6.06. The first-order valence-corrected chi connectivity index (χ1v) is 11.2. The van der Waals surface area contributed by atoms with Gasteiger partial charge in [0, 0.05) is 31.4 Å². The van der Waals surface area contributed by atoms with E-state index in [1.165, 1.54) is 43.7 Å². The third-order valence-corrected chi connectivity index (χ3v) is 6.27. The third kappa shape index (κ3) is 5.05. The summed E-state index contributed by atoms with van der Waals surface area (Å²) in [6, 6.07) is 14.3. The Balaban J connectivity index is 1.39. The number of hydrogen-bond donors (Lipinski definition) is 1. The molecule has 0 saturated heterocycles. The molecule has 1 aliphatic heterocycles. The third-order valence-electron chi connectivity index (χ3n) is 6.27. The van der Waals surface area contributed by atoms with Crippen molar-refractivity contribution in [3.63, 3.8) is 0 Å². The fourth-order valence-corrected chi connectivity index (χ4v) is 4.57. The maximum absolute atomic E-state index is 12.6. The van der Waals surface area contributed by atoms with Gasteiger partial charge in [0.1, 0.15) is 5.78 Å². The van der Waals surface area contributed by atoms with Gasteiger partial charge in [-0.25, -0.2) is 0 Å². The average molecular weight is 403 g/mol. The van der Waals surface area contributed by atoms with E-state index in [0.29, 0.717) is 12.2 Å². The normalized spacial score (nSPS) is 16.5. The number of hydrogen-bond acceptors (Lipinski definition) is 3. The number of nitrogens with one attached hydrogen (secondary N) is 1. The van der Waals surface area contributed by atoms with Crippen molar-refractivity contribution in [3.05, 3.63) is 59.2 Å². The predicted molar refractivity (Wildman–Crippen MR) is 122 cm³/mol. The molecule has 1 saturated carbocycles. The van der Waals surface area contributed by atoms with Gasteiger partial charge in [-0.2, -0.15) is 0 Å². The second kappa shape index (κ2) is 9.38. The fraction of sp³-hybridized carbons (Fsp3) is 0.423. The van der Waals surface area contributed by atoms with E-state index in [0.717, 1.165) is 48.3 Å². The van der Waals surface area contributed by atoms with E-state index < -0.39 is 0 Å². The second-order valence-electron chi connectivity index (χ2n) is 8.61. The Morgan fingerprint density at radius 3 is 2.43 bits per heavy atom. The monoisotopic (exact) mass is 402 g/mol. The summed E-state index contributed by atoms with van der Waals surface area (Å²) in [6.45, 7) is 1.51. The van der Waals surface area contributed by atoms with Crippen LogP contribution in [-0.4, -0.2) is 17.4 Å². The van der Waals surface area contributed by atoms with E-state index >= 15 is 0 Å². The maximum atomic E-state index is 12.6. The van der Waals surface area contributed by atoms with Gasteiger partial charge < -0.3 is 5.32 Å². The van der Waals surface area contributed by atoms with Crippen LogP contribution in [-0.2, 0) is 22.4 Å². The molecule has 1 heterocycles. The summed E-state index contributed by atoms with van der Waals surface area (Å²) in [5.74, 6) is 0.659. The number of fused-ring (bicyclic) bond motifs is 1. The first-order valence-electron chi connectivity index (χ1n) is 11.2. The molecule has 0 aromatic heterocycles. The molecule has 2 aliphatic rings. The summed E-state index contributed by atoms with van der Waals surface area (Å²) in [5, 5.41) is 2.79. The van der Waals surface area contributed by atoms with Gasteiger partial charge in [0.25, 0.3) is 0 Å². The molecule has 1 amide bonds. The lowest BCUT2D eigenvalue weighted by Gasteiger charge is -2.12. The Morgan fingerprint density at radius 1 is 1.00 bits per heavy atom. The van der Waals surface area contributed by atoms with Crippen molar-refractivity contribution < 1.29 is 9.59 Å². The van der Waals surface area contributed by atoms with E-state index in [4.69, 9.17) is 4.99 Å². The van der Waals surface area contributed by atoms with Crippen LogP contribution < -0.4 is 5.32 Å². The predicted octanol–water partition coefficient (Wildman–Crippen LogP) is 5.79. The second-order valence-corrected chi connectivity index (χ2v) is 8.61. The van der Waals surface area contributed by atoms with Crippen molar-refractivity contribution in [3.8, 4) is 0 Å². The van der Waals surface area contributed by atoms with Crippen LogP contribution in [0, 0.1) is 5.92 Å². The average Bonchev–Trinajstić information content (AvgIpc) is 2.96. The minimum atomic E-state index is -0.0709. The molecule has 0 unspecified atom stereocenters. The molecule has 0 bridgehead atoms. The molecular weight excluding hydrogens is 372 g/mol. The standard InChI is InChI=1S/C26H30N2O2/c1-18(29)27-23-13-11-20(12-14-23)25-17-22-10-8-19(16-24(22)28-25)9-15-26(30)21-6-4-2-3-5-7-21/h8,10-14,16,21H,2-7,9,15,17H2,1H3,(H,27,29). The van der Waals surface area contributed by atoms with Gasteiger partial charge in [-0.05, 0) is 54.2 Å². The smallest absolute Gasteiger partial charge is 0.221 e. The molecule has 4 rings (SSSR count). The summed E-state index contributed by atoms with van der Waals surface area (Å²) >= 11 is 0. The van der Waals surface area contributed by atoms with Gasteiger partial charge in [-0.3, -0.25) is 14.6 Å². The number of anilines is 1. The van der Waals surface area contributed by atoms with Gasteiger partial charge >= 0.3 is 0 Å². The number of amides is 1. The Bertz CT molecular complexity index is 951. The summed E-state index contributed by atoms with van der Waals surface area (Å²) in [4.78, 5) is 28.7. The van der Waals surface area contributed by atoms with Crippen molar-refractivity contribution in [2.45, 2.75) is 64.7 Å². The van der Waals surface area contributed by atoms with Crippen LogP contribution in [0.4, 0.5) is 11.4 Å². The first-order chi connectivity index (χ1) is 14.6. The van der Waals surface area contributed by atoms with Crippen molar-refractivity contribution in [2.24, 2.45) is 10.9 Å². The van der Waals surface area contributed by atoms with Gasteiger partial charge in [0.2, 0.25) is 5.91 Å². The number of carbonyl (C=O) groups is 2. The number of aryl methyl sites for hydroxylation is 1. The number of nitrogens with zero attached hydrogens (tertiary/aromatic N) is 1. The molecule has 156 valence electrons. The highest BCUT2D eigenvalue weighted by Gasteiger charge is 2.20. The van der Waals surface area contributed by atoms with Gasteiger partial charge in [0.15, 0.2) is 0 Å². The molecular formula is C26H30N2O2. The van der Waals surface area contributed by atoms with Crippen molar-refractivity contribution in [1.29, 1.82) is 0 Å². The molecule has 2 aromatic rings. The van der Waals surface area contributed by atoms with Crippen LogP contribution >= 0.6 is 0 Å². The molecule has 4 nitrogen and oxygen atoms in total. The topological polar surface area (TPSA) is 58.5 Å². The summed E-state index contributed by atoms with van der Waals surface area (Å²) in [6.07, 6.45) is 9.40. The van der Waals surface area contributed by atoms with Crippen LogP contribution in [0.25, 0.3) is 0 Å². The highest BCUT2D eigenvalue weighted by atomic mass is 16.1. The lowest BCUT2D eigenvalue weighted by atomic mass is 9.91. The maximum Gasteiger partial charge on any atom is 0.221 e. The van der Waals surface area contributed by atoms with Crippen LogP contribution in [0.5, 0.6) is 0 Å². The number of aliphatic imine (C=N–C) groups is 1. The fourth-order valence-electron chi connectivity index (χ4n) is 4.57. The molecule has 2 aromatic carbocycles. The van der Waals surface area contributed by atoms with E-state index in [1.54, 1.807) is 0 Å². The Labute approximate surface area is 178 Å². The SMILES string of the molecule is CC(=O)Nc1ccc(C2=Nc3cc(CCC(=O)C4CCCCCC4)ccc3C2)cc1. The number of benzene rings is 2. The van der Waals surface area contributed by atoms with E-state index in [-0.39, 0.29) is 11.8 Å². The molecule has 1 fully saturated rings. The molecule has 30 heavy (non-hydrogen) atoms. The zero-order valence-corrected chi connectivity index (χ0v) is 17.7. The van der Waals surface area contributed by atoms with E-state index in [9.17, 15) is 9.59 Å². The summed E-state index contributed by atoms with van der Waals surface area (Å²) in [5.41, 5.74) is 6.37. The van der Waals surface area contributed by atoms with Crippen LogP contribution in [0.15, 0.2) is 47.5 Å². The number of rotatable bonds is 6. The molecule has 0 atom stereocenters. The van der Waals surface area contributed by atoms with Crippen molar-refractivity contribution >= 4 is 28.8 Å². The molecule has 0 radical (unpaired) electrons. The van der Waals surface area contributed by atoms with Gasteiger partial charge in [-0.15, -0.1) is 0 Å². The number of Topliss-reactive ketones (excluding diaryl/α,β-unsaturated/α-hetero) is 1. The molecule has 1 N–H and O–H groups in total. The number of ketones is 1. The largest absolute Gasteiger partial charge is 0.326 e. The van der Waals surface area contributed by atoms with E-state index in [1.807, 2.05) is 24.3 Å². The first kappa shape index (κ1) is 20.5. The van der Waals surface area contributed by atoms with Crippen LogP contribution in [0.1, 0.15) is 68.6 Å². The van der Waals surface area contributed by atoms with Crippen LogP contribution in [0.2, 0.25) is 0 Å². The lowest BCUT2D eigenvalue weighted by Crippen LogP contribution is -2.14. The van der Waals surface area contributed by atoms with E-state index in [2.05, 4.69) is 23.5 Å². The minimum absolute atomic E-state index is 0.0709. The zero-order chi connectivity index (χ0) is 20.9. The Morgan fingerprint density at radius 2 is 1.73 bits per heavy atom. The zero-order valence-electron chi connectivity index (χ0n) is 17.7. The van der Waals surface area contributed by atoms with Crippen molar-refractivity contribution in [1.82, 2.24) is 0 Å². The highest BCUT2D eigenvalue weighted by Crippen LogP contribution is 2.31. The molecule has 4 heteroatoms. The Kier molecular flexibility index (Phi) is 6.41. The molecule has 1 aliphatic carbocycles. The minimum Gasteiger partial charge on any atom is -0.326 e. The van der Waals surface area contributed by atoms with Gasteiger partial charge in [0.05, 0.1) is 11.4 Å². The number of carbonyl (C=O) groups excluding carboxylic acids is 2. The summed E-state index contributed by atoms with van der Waals surface area (Å²) in [7, 11) is 0. The molecule has 0 spiro atoms. The van der Waals surface area contributed by atoms with Crippen molar-refractivity contribution in [2.75, 3.05) is 5.32 Å². The quantitative estimate of drug-likeness (QED) is 0.621. The Hall–Kier alpha value is -2.75.